The number of carboxylic acid groups (broad SMARTS) is 1. The summed E-state index contributed by atoms with van der Waals surface area (Å²) in [4.78, 5) is 22.7. The fourth-order valence-corrected chi connectivity index (χ4v) is 2.00. The molecule has 1 aromatic rings. The molecule has 0 saturated carbocycles. The zero-order chi connectivity index (χ0) is 15.5. The molecule has 20 heavy (non-hydrogen) atoms. The van der Waals surface area contributed by atoms with E-state index in [2.05, 4.69) is 0 Å². The highest BCUT2D eigenvalue weighted by atomic mass is 35.5. The molecular weight excluding hydrogens is 322 g/mol. The number of hydrogen-bond acceptors (Lipinski definition) is 2. The summed E-state index contributed by atoms with van der Waals surface area (Å²) in [5.74, 6) is -2.77. The van der Waals surface area contributed by atoms with E-state index in [1.54, 1.807) is 0 Å². The van der Waals surface area contributed by atoms with Gasteiger partial charge in [0.15, 0.2) is 0 Å². The van der Waals surface area contributed by atoms with Crippen molar-refractivity contribution in [1.29, 1.82) is 0 Å². The lowest BCUT2D eigenvalue weighted by atomic mass is 10.2. The highest BCUT2D eigenvalue weighted by Crippen LogP contribution is 2.27. The van der Waals surface area contributed by atoms with Gasteiger partial charge in [-0.05, 0) is 12.1 Å². The maximum Gasteiger partial charge on any atom is 0.406 e. The molecule has 0 aliphatic rings. The fourth-order valence-electron chi connectivity index (χ4n) is 1.44. The van der Waals surface area contributed by atoms with Crippen molar-refractivity contribution in [2.24, 2.45) is 0 Å². The van der Waals surface area contributed by atoms with Crippen molar-refractivity contribution in [3.8, 4) is 0 Å². The van der Waals surface area contributed by atoms with Gasteiger partial charge in [-0.3, -0.25) is 9.59 Å². The summed E-state index contributed by atoms with van der Waals surface area (Å²) in [7, 11) is 0. The zero-order valence-electron chi connectivity index (χ0n) is 9.75. The van der Waals surface area contributed by atoms with E-state index >= 15 is 0 Å². The molecule has 0 aliphatic heterocycles. The van der Waals surface area contributed by atoms with Crippen molar-refractivity contribution in [1.82, 2.24) is 4.90 Å². The lowest BCUT2D eigenvalue weighted by Gasteiger charge is -2.23. The van der Waals surface area contributed by atoms with Gasteiger partial charge < -0.3 is 10.0 Å². The molecule has 0 unspecified atom stereocenters. The molecule has 0 heterocycles. The van der Waals surface area contributed by atoms with Crippen molar-refractivity contribution >= 4 is 35.1 Å². The second-order valence-corrected chi connectivity index (χ2v) is 4.58. The van der Waals surface area contributed by atoms with E-state index in [-0.39, 0.29) is 20.5 Å². The highest BCUT2D eigenvalue weighted by Gasteiger charge is 2.35. The quantitative estimate of drug-likeness (QED) is 0.923. The summed E-state index contributed by atoms with van der Waals surface area (Å²) in [6.45, 7) is -2.82. The molecule has 0 aliphatic carbocycles. The van der Waals surface area contributed by atoms with Crippen LogP contribution in [0.5, 0.6) is 0 Å². The molecule has 9 heteroatoms. The average Bonchev–Trinajstić information content (AvgIpc) is 2.25. The van der Waals surface area contributed by atoms with Gasteiger partial charge in [-0.15, -0.1) is 0 Å². The summed E-state index contributed by atoms with van der Waals surface area (Å²) in [5, 5.41) is 8.28. The van der Waals surface area contributed by atoms with Crippen LogP contribution in [-0.4, -0.2) is 41.1 Å². The number of amides is 1. The molecule has 0 aromatic heterocycles. The van der Waals surface area contributed by atoms with Crippen molar-refractivity contribution in [2.45, 2.75) is 6.18 Å². The second kappa shape index (κ2) is 6.32. The van der Waals surface area contributed by atoms with E-state index in [4.69, 9.17) is 28.3 Å². The number of halogens is 5. The van der Waals surface area contributed by atoms with Crippen molar-refractivity contribution in [3.05, 3.63) is 33.8 Å². The van der Waals surface area contributed by atoms with Crippen molar-refractivity contribution < 1.29 is 27.9 Å². The number of benzene rings is 1. The van der Waals surface area contributed by atoms with Gasteiger partial charge in [-0.1, -0.05) is 29.3 Å². The Morgan fingerprint density at radius 2 is 1.70 bits per heavy atom. The van der Waals surface area contributed by atoms with E-state index in [9.17, 15) is 22.8 Å². The molecule has 110 valence electrons. The van der Waals surface area contributed by atoms with Crippen molar-refractivity contribution in [3.63, 3.8) is 0 Å². The van der Waals surface area contributed by atoms with E-state index in [0.29, 0.717) is 0 Å². The van der Waals surface area contributed by atoms with Gasteiger partial charge in [0.1, 0.15) is 13.1 Å². The maximum absolute atomic E-state index is 12.4. The second-order valence-electron chi connectivity index (χ2n) is 3.77. The summed E-state index contributed by atoms with van der Waals surface area (Å²) >= 11 is 11.4. The van der Waals surface area contributed by atoms with Crippen LogP contribution in [0.1, 0.15) is 10.4 Å². The van der Waals surface area contributed by atoms with Crippen LogP contribution in [0, 0.1) is 0 Å². The molecule has 0 bridgehead atoms. The SMILES string of the molecule is O=C(O)CN(CC(F)(F)F)C(=O)c1c(Cl)cccc1Cl. The van der Waals surface area contributed by atoms with Crippen LogP contribution >= 0.6 is 23.2 Å². The van der Waals surface area contributed by atoms with Crippen molar-refractivity contribution in [2.75, 3.05) is 13.1 Å². The van der Waals surface area contributed by atoms with Crippen LogP contribution in [0.3, 0.4) is 0 Å². The molecule has 0 atom stereocenters. The summed E-state index contributed by atoms with van der Waals surface area (Å²) in [6, 6.07) is 3.95. The first-order valence-electron chi connectivity index (χ1n) is 5.13. The Labute approximate surface area is 121 Å². The minimum Gasteiger partial charge on any atom is -0.480 e. The molecule has 1 rings (SSSR count). The Kier molecular flexibility index (Phi) is 5.24. The molecule has 0 saturated heterocycles. The smallest absolute Gasteiger partial charge is 0.406 e. The molecule has 1 N–H and O–H groups in total. The van der Waals surface area contributed by atoms with Gasteiger partial charge in [-0.25, -0.2) is 0 Å². The Morgan fingerprint density at radius 1 is 1.20 bits per heavy atom. The molecule has 0 fully saturated rings. The lowest BCUT2D eigenvalue weighted by Crippen LogP contribution is -2.42. The number of hydrogen-bond donors (Lipinski definition) is 1. The predicted octanol–water partition coefficient (Wildman–Crippen LogP) is 3.08. The van der Waals surface area contributed by atoms with Gasteiger partial charge in [-0.2, -0.15) is 13.2 Å². The number of nitrogens with zero attached hydrogens (tertiary/aromatic N) is 1. The standard InChI is InChI=1S/C11H8Cl2F3NO3/c12-6-2-1-3-7(13)9(6)10(20)17(4-8(18)19)5-11(14,15)16/h1-3H,4-5H2,(H,18,19). The Bertz CT molecular complexity index is 514. The molecule has 0 spiro atoms. The molecule has 1 aromatic carbocycles. The van der Waals surface area contributed by atoms with Gasteiger partial charge in [0.25, 0.3) is 5.91 Å². The van der Waals surface area contributed by atoms with E-state index in [1.165, 1.54) is 18.2 Å². The van der Waals surface area contributed by atoms with Crippen LogP contribution in [-0.2, 0) is 4.79 Å². The maximum atomic E-state index is 12.4. The molecule has 1 amide bonds. The van der Waals surface area contributed by atoms with Crippen LogP contribution < -0.4 is 0 Å². The third-order valence-corrected chi connectivity index (χ3v) is 2.79. The highest BCUT2D eigenvalue weighted by molar-refractivity contribution is 6.39. The van der Waals surface area contributed by atoms with Crippen LogP contribution in [0.25, 0.3) is 0 Å². The third kappa shape index (κ3) is 4.57. The summed E-state index contributed by atoms with van der Waals surface area (Å²) in [5.41, 5.74) is -0.360. The van der Waals surface area contributed by atoms with Gasteiger partial charge >= 0.3 is 12.1 Å². The minimum atomic E-state index is -4.74. The minimum absolute atomic E-state index is 0.120. The Morgan fingerprint density at radius 3 is 2.10 bits per heavy atom. The molecule has 0 radical (unpaired) electrons. The summed E-state index contributed by atoms with van der Waals surface area (Å²) in [6.07, 6.45) is -4.74. The van der Waals surface area contributed by atoms with Crippen LogP contribution in [0.4, 0.5) is 13.2 Å². The first-order valence-corrected chi connectivity index (χ1v) is 5.89. The monoisotopic (exact) mass is 329 g/mol. The van der Waals surface area contributed by atoms with Gasteiger partial charge in [0, 0.05) is 0 Å². The molecule has 4 nitrogen and oxygen atoms in total. The average molecular weight is 330 g/mol. The first-order chi connectivity index (χ1) is 9.11. The number of carbonyl (C=O) groups is 2. The molecular formula is C11H8Cl2F3NO3. The van der Waals surface area contributed by atoms with Gasteiger partial charge in [0.05, 0.1) is 15.6 Å². The fraction of sp³-hybridized carbons (Fsp3) is 0.273. The number of carboxylic acids is 1. The van der Waals surface area contributed by atoms with Crippen LogP contribution in [0.2, 0.25) is 10.0 Å². The zero-order valence-corrected chi connectivity index (χ0v) is 11.3. The van der Waals surface area contributed by atoms with Gasteiger partial charge in [0.2, 0.25) is 0 Å². The largest absolute Gasteiger partial charge is 0.480 e. The number of carbonyl (C=O) groups excluding carboxylic acids is 1. The Balaban J connectivity index is 3.13. The number of alkyl halides is 3. The normalized spacial score (nSPS) is 11.2. The van der Waals surface area contributed by atoms with Crippen LogP contribution in [0.15, 0.2) is 18.2 Å². The Hall–Kier alpha value is -1.47. The predicted molar refractivity (Wildman–Crippen MR) is 66.1 cm³/mol. The summed E-state index contributed by atoms with van der Waals surface area (Å²) < 4.78 is 37.1. The van der Waals surface area contributed by atoms with E-state index in [0.717, 1.165) is 0 Å². The third-order valence-electron chi connectivity index (χ3n) is 2.16. The number of rotatable bonds is 4. The van der Waals surface area contributed by atoms with E-state index < -0.39 is 31.1 Å². The topological polar surface area (TPSA) is 57.6 Å². The number of aliphatic carboxylic acids is 1. The lowest BCUT2D eigenvalue weighted by molar-refractivity contribution is -0.149. The first kappa shape index (κ1) is 16.6. The van der Waals surface area contributed by atoms with E-state index in [1.807, 2.05) is 0 Å².